The molecule has 13 nitrogen and oxygen atoms in total. The molecule has 31 heavy (non-hydrogen) atoms. The Bertz CT molecular complexity index is 914. The van der Waals surface area contributed by atoms with Crippen molar-refractivity contribution in [1.82, 2.24) is 30.6 Å². The van der Waals surface area contributed by atoms with E-state index in [1.165, 1.54) is 12.7 Å². The van der Waals surface area contributed by atoms with Crippen LogP contribution in [0.3, 0.4) is 0 Å². The Balaban J connectivity index is 1.55. The lowest BCUT2D eigenvalue weighted by Gasteiger charge is -2.39. The van der Waals surface area contributed by atoms with Crippen molar-refractivity contribution in [1.29, 1.82) is 0 Å². The van der Waals surface area contributed by atoms with Crippen LogP contribution in [-0.4, -0.2) is 85.4 Å². The molecule has 0 unspecified atom stereocenters. The summed E-state index contributed by atoms with van der Waals surface area (Å²) in [4.78, 5) is 39.0. The van der Waals surface area contributed by atoms with Crippen LogP contribution in [0.2, 0.25) is 0 Å². The van der Waals surface area contributed by atoms with Crippen molar-refractivity contribution < 1.29 is 29.3 Å². The Morgan fingerprint density at radius 1 is 1.32 bits per heavy atom. The predicted molar refractivity (Wildman–Crippen MR) is 108 cm³/mol. The minimum absolute atomic E-state index is 0.109. The molecule has 1 saturated heterocycles. The fourth-order valence-electron chi connectivity index (χ4n) is 3.10. The summed E-state index contributed by atoms with van der Waals surface area (Å²) in [5.41, 5.74) is 0.309. The van der Waals surface area contributed by atoms with E-state index in [9.17, 15) is 19.8 Å². The minimum Gasteiger partial charge on any atom is -0.444 e. The van der Waals surface area contributed by atoms with Crippen molar-refractivity contribution in [3.63, 3.8) is 0 Å². The van der Waals surface area contributed by atoms with E-state index in [-0.39, 0.29) is 13.0 Å². The first-order valence-corrected chi connectivity index (χ1v) is 9.77. The molecule has 2 amide bonds. The van der Waals surface area contributed by atoms with E-state index >= 15 is 0 Å². The molecule has 6 N–H and O–H groups in total. The minimum atomic E-state index is -1.01. The second-order valence-corrected chi connectivity index (χ2v) is 8.08. The summed E-state index contributed by atoms with van der Waals surface area (Å²) < 4.78 is 10.8. The van der Waals surface area contributed by atoms with Gasteiger partial charge < -0.3 is 40.6 Å². The summed E-state index contributed by atoms with van der Waals surface area (Å²) in [6.07, 6.45) is -0.503. The lowest BCUT2D eigenvalue weighted by Crippen LogP contribution is -2.58. The first-order valence-electron chi connectivity index (χ1n) is 9.77. The van der Waals surface area contributed by atoms with Gasteiger partial charge in [-0.05, 0) is 20.8 Å². The molecule has 0 saturated carbocycles. The van der Waals surface area contributed by atoms with Gasteiger partial charge in [0.2, 0.25) is 5.91 Å². The van der Waals surface area contributed by atoms with E-state index in [4.69, 9.17) is 9.47 Å². The molecule has 13 heteroatoms. The Kier molecular flexibility index (Phi) is 6.87. The van der Waals surface area contributed by atoms with Crippen molar-refractivity contribution in [3.05, 3.63) is 12.7 Å². The normalized spacial score (nSPS) is 23.9. The van der Waals surface area contributed by atoms with Crippen molar-refractivity contribution in [3.8, 4) is 0 Å². The van der Waals surface area contributed by atoms with Gasteiger partial charge in [-0.15, -0.1) is 0 Å². The third-order valence-electron chi connectivity index (χ3n) is 4.44. The summed E-state index contributed by atoms with van der Waals surface area (Å²) in [6.45, 7) is 4.42. The van der Waals surface area contributed by atoms with Gasteiger partial charge in [-0.25, -0.2) is 19.7 Å². The summed E-state index contributed by atoms with van der Waals surface area (Å²) in [5, 5.41) is 28.2. The molecule has 0 aromatic carbocycles. The summed E-state index contributed by atoms with van der Waals surface area (Å²) in [5.74, 6) is -0.126. The molecular formula is C18H27N7O6. The number of aromatic amines is 1. The van der Waals surface area contributed by atoms with Gasteiger partial charge in [-0.3, -0.25) is 4.79 Å². The lowest BCUT2D eigenvalue weighted by molar-refractivity contribution is -0.142. The van der Waals surface area contributed by atoms with Gasteiger partial charge in [0.15, 0.2) is 17.7 Å². The average Bonchev–Trinajstić information content (AvgIpc) is 3.17. The highest BCUT2D eigenvalue weighted by Crippen LogP contribution is 2.23. The van der Waals surface area contributed by atoms with Crippen LogP contribution in [0.5, 0.6) is 0 Å². The number of carbonyl (C=O) groups is 2. The second kappa shape index (κ2) is 9.41. The molecule has 170 valence electrons. The Morgan fingerprint density at radius 3 is 2.81 bits per heavy atom. The number of hydrogen-bond donors (Lipinski definition) is 6. The summed E-state index contributed by atoms with van der Waals surface area (Å²) in [6, 6.07) is -0.663. The van der Waals surface area contributed by atoms with E-state index in [1.807, 2.05) is 0 Å². The van der Waals surface area contributed by atoms with Crippen molar-refractivity contribution >= 4 is 29.0 Å². The molecule has 0 bridgehead atoms. The predicted octanol–water partition coefficient (Wildman–Crippen LogP) is -0.757. The smallest absolute Gasteiger partial charge is 0.408 e. The highest BCUT2D eigenvalue weighted by atomic mass is 16.6. The quantitative estimate of drug-likeness (QED) is 0.336. The Labute approximate surface area is 178 Å². The van der Waals surface area contributed by atoms with Gasteiger partial charge in [0.05, 0.1) is 19.0 Å². The number of hydrogen-bond acceptors (Lipinski definition) is 10. The molecule has 3 heterocycles. The third-order valence-corrected chi connectivity index (χ3v) is 4.44. The summed E-state index contributed by atoms with van der Waals surface area (Å²) in [7, 11) is 0. The maximum Gasteiger partial charge on any atom is 0.408 e. The van der Waals surface area contributed by atoms with Crippen LogP contribution in [0, 0.1) is 0 Å². The molecule has 3 rings (SSSR count). The van der Waals surface area contributed by atoms with Crippen LogP contribution in [0.4, 0.5) is 10.6 Å². The number of fused-ring (bicyclic) bond motifs is 1. The van der Waals surface area contributed by atoms with Crippen LogP contribution >= 0.6 is 0 Å². The lowest BCUT2D eigenvalue weighted by atomic mass is 9.99. The molecule has 0 aliphatic carbocycles. The van der Waals surface area contributed by atoms with Crippen LogP contribution in [0.1, 0.15) is 27.2 Å². The number of H-pyrrole nitrogens is 1. The number of amides is 2. The topological polar surface area (TPSA) is 184 Å². The second-order valence-electron chi connectivity index (χ2n) is 8.08. The van der Waals surface area contributed by atoms with Gasteiger partial charge in [0.25, 0.3) is 0 Å². The van der Waals surface area contributed by atoms with Gasteiger partial charge in [-0.2, -0.15) is 0 Å². The molecule has 2 aromatic heterocycles. The highest BCUT2D eigenvalue weighted by Gasteiger charge is 2.38. The Morgan fingerprint density at radius 2 is 2.10 bits per heavy atom. The van der Waals surface area contributed by atoms with Crippen LogP contribution in [-0.2, 0) is 14.3 Å². The zero-order valence-electron chi connectivity index (χ0n) is 17.5. The van der Waals surface area contributed by atoms with Gasteiger partial charge in [0.1, 0.15) is 36.2 Å². The van der Waals surface area contributed by atoms with Gasteiger partial charge in [0, 0.05) is 6.42 Å². The van der Waals surface area contributed by atoms with Crippen molar-refractivity contribution in [2.24, 2.45) is 0 Å². The number of carbonyl (C=O) groups excluding carboxylic acids is 2. The molecule has 1 fully saturated rings. The first-order chi connectivity index (χ1) is 14.7. The fourth-order valence-corrected chi connectivity index (χ4v) is 3.10. The van der Waals surface area contributed by atoms with Gasteiger partial charge >= 0.3 is 6.09 Å². The maximum atomic E-state index is 12.2. The van der Waals surface area contributed by atoms with Crippen LogP contribution < -0.4 is 16.0 Å². The molecule has 1 aliphatic heterocycles. The zero-order valence-corrected chi connectivity index (χ0v) is 17.5. The first kappa shape index (κ1) is 22.7. The SMILES string of the molecule is CC(C)(C)OC(=O)NCC(=O)N[C@@H]1C[C@H](O)[C@@H](Nc2ncnc3nc[nH]c23)O[C@H]1CO. The number of nitrogens with one attached hydrogen (secondary N) is 4. The zero-order chi connectivity index (χ0) is 22.6. The molecule has 0 spiro atoms. The number of aromatic nitrogens is 4. The number of aliphatic hydroxyl groups excluding tert-OH is 2. The van der Waals surface area contributed by atoms with E-state index < -0.39 is 48.7 Å². The molecule has 1 aliphatic rings. The van der Waals surface area contributed by atoms with Gasteiger partial charge in [-0.1, -0.05) is 0 Å². The number of nitrogens with zero attached hydrogens (tertiary/aromatic N) is 3. The molecule has 4 atom stereocenters. The van der Waals surface area contributed by atoms with E-state index in [0.717, 1.165) is 0 Å². The summed E-state index contributed by atoms with van der Waals surface area (Å²) >= 11 is 0. The Hall–Kier alpha value is -3.03. The monoisotopic (exact) mass is 437 g/mol. The number of alkyl carbamates (subject to hydrolysis) is 1. The molecular weight excluding hydrogens is 410 g/mol. The average molecular weight is 437 g/mol. The molecule has 2 aromatic rings. The highest BCUT2D eigenvalue weighted by molar-refractivity contribution is 5.83. The van der Waals surface area contributed by atoms with Crippen molar-refractivity contribution in [2.75, 3.05) is 18.5 Å². The van der Waals surface area contributed by atoms with Crippen LogP contribution in [0.25, 0.3) is 11.2 Å². The number of aliphatic hydroxyl groups is 2. The fraction of sp³-hybridized carbons (Fsp3) is 0.611. The van der Waals surface area contributed by atoms with E-state index in [1.54, 1.807) is 20.8 Å². The molecule has 0 radical (unpaired) electrons. The van der Waals surface area contributed by atoms with Crippen LogP contribution in [0.15, 0.2) is 12.7 Å². The number of ether oxygens (including phenoxy) is 2. The number of anilines is 1. The van der Waals surface area contributed by atoms with E-state index in [2.05, 4.69) is 35.9 Å². The number of rotatable bonds is 6. The van der Waals surface area contributed by atoms with Crippen molar-refractivity contribution in [2.45, 2.75) is 57.3 Å². The maximum absolute atomic E-state index is 12.2. The standard InChI is InChI=1S/C18H27N7O6/c1-18(2,3)31-17(29)19-5-12(28)24-9-4-10(27)16(30-11(9)6-26)25-15-13-14(21-7-20-13)22-8-23-15/h7-11,16,26-27H,4-6H2,1-3H3,(H,19,29)(H,24,28)(H2,20,21,22,23,25)/t9-,10+,11+,16+/m1/s1. The van der Waals surface area contributed by atoms with E-state index in [0.29, 0.717) is 17.0 Å². The number of imidazole rings is 1. The third kappa shape index (κ3) is 5.99. The largest absolute Gasteiger partial charge is 0.444 e.